The molecule has 0 spiro atoms. The molecule has 21 heavy (non-hydrogen) atoms. The normalized spacial score (nSPS) is 13.8. The van der Waals surface area contributed by atoms with E-state index >= 15 is 0 Å². The minimum atomic E-state index is -0.985. The summed E-state index contributed by atoms with van der Waals surface area (Å²) in [6.45, 7) is 8.86. The van der Waals surface area contributed by atoms with E-state index in [1.165, 1.54) is 12.1 Å². The van der Waals surface area contributed by atoms with Crippen LogP contribution in [0.5, 0.6) is 11.5 Å². The number of hydrogen-bond donors (Lipinski definition) is 0. The van der Waals surface area contributed by atoms with Gasteiger partial charge in [-0.05, 0) is 37.3 Å². The molecule has 0 bridgehead atoms. The van der Waals surface area contributed by atoms with Gasteiger partial charge in [0.15, 0.2) is 11.5 Å². The van der Waals surface area contributed by atoms with E-state index in [1.807, 2.05) is 0 Å². The van der Waals surface area contributed by atoms with E-state index in [2.05, 4.69) is 20.8 Å². The van der Waals surface area contributed by atoms with Crippen LogP contribution in [0.4, 0.5) is 8.78 Å². The van der Waals surface area contributed by atoms with Gasteiger partial charge in [-0.15, -0.1) is 0 Å². The lowest BCUT2D eigenvalue weighted by atomic mass is 9.97. The average Bonchev–Trinajstić information content (AvgIpc) is 2.48. The molecule has 0 aliphatic heterocycles. The maximum absolute atomic E-state index is 13.8. The van der Waals surface area contributed by atoms with E-state index in [0.29, 0.717) is 25.0 Å². The summed E-state index contributed by atoms with van der Waals surface area (Å²) in [5.74, 6) is -1.09. The zero-order valence-electron chi connectivity index (χ0n) is 13.4. The SMILES string of the molecule is CCOc1ccc(OCC(C)CCC(C)CC)c(F)c1F. The Kier molecular flexibility index (Phi) is 7.48. The number of ether oxygens (including phenoxy) is 2. The van der Waals surface area contributed by atoms with Gasteiger partial charge < -0.3 is 9.47 Å². The highest BCUT2D eigenvalue weighted by atomic mass is 19.2. The van der Waals surface area contributed by atoms with Crippen LogP contribution in [0.15, 0.2) is 12.1 Å². The predicted octanol–water partition coefficient (Wildman–Crippen LogP) is 5.20. The van der Waals surface area contributed by atoms with Crippen molar-refractivity contribution in [3.05, 3.63) is 23.8 Å². The molecule has 1 rings (SSSR count). The summed E-state index contributed by atoms with van der Waals surface area (Å²) in [5, 5.41) is 0. The highest BCUT2D eigenvalue weighted by molar-refractivity contribution is 5.35. The summed E-state index contributed by atoms with van der Waals surface area (Å²) in [4.78, 5) is 0. The van der Waals surface area contributed by atoms with Crippen LogP contribution in [0.3, 0.4) is 0 Å². The Morgan fingerprint density at radius 1 is 0.905 bits per heavy atom. The van der Waals surface area contributed by atoms with Gasteiger partial charge in [-0.25, -0.2) is 0 Å². The average molecular weight is 300 g/mol. The van der Waals surface area contributed by atoms with Gasteiger partial charge in [0.05, 0.1) is 13.2 Å². The first-order valence-corrected chi connectivity index (χ1v) is 7.73. The van der Waals surface area contributed by atoms with E-state index in [1.54, 1.807) is 6.92 Å². The molecule has 2 atom stereocenters. The number of benzene rings is 1. The van der Waals surface area contributed by atoms with Crippen LogP contribution in [0.25, 0.3) is 0 Å². The zero-order valence-corrected chi connectivity index (χ0v) is 13.4. The molecule has 0 saturated heterocycles. The summed E-state index contributed by atoms with van der Waals surface area (Å²) in [7, 11) is 0. The van der Waals surface area contributed by atoms with Gasteiger partial charge in [-0.3, -0.25) is 0 Å². The number of hydrogen-bond acceptors (Lipinski definition) is 2. The third kappa shape index (κ3) is 5.52. The molecule has 1 aromatic rings. The fraction of sp³-hybridized carbons (Fsp3) is 0.647. The molecule has 1 aromatic carbocycles. The Hall–Kier alpha value is -1.32. The summed E-state index contributed by atoms with van der Waals surface area (Å²) in [5.41, 5.74) is 0. The summed E-state index contributed by atoms with van der Waals surface area (Å²) in [6, 6.07) is 2.83. The summed E-state index contributed by atoms with van der Waals surface area (Å²) >= 11 is 0. The van der Waals surface area contributed by atoms with Crippen molar-refractivity contribution in [1.82, 2.24) is 0 Å². The van der Waals surface area contributed by atoms with E-state index in [9.17, 15) is 8.78 Å². The Morgan fingerprint density at radius 3 is 1.95 bits per heavy atom. The van der Waals surface area contributed by atoms with Crippen LogP contribution >= 0.6 is 0 Å². The number of rotatable bonds is 9. The van der Waals surface area contributed by atoms with E-state index < -0.39 is 11.6 Å². The first kappa shape index (κ1) is 17.7. The van der Waals surface area contributed by atoms with Gasteiger partial charge in [-0.1, -0.05) is 33.6 Å². The Labute approximate surface area is 126 Å². The Bertz CT molecular complexity index is 435. The van der Waals surface area contributed by atoms with Crippen molar-refractivity contribution in [3.63, 3.8) is 0 Å². The van der Waals surface area contributed by atoms with Crippen molar-refractivity contribution in [1.29, 1.82) is 0 Å². The largest absolute Gasteiger partial charge is 0.491 e. The molecule has 0 aliphatic carbocycles. The molecule has 0 saturated carbocycles. The van der Waals surface area contributed by atoms with Crippen LogP contribution in [0, 0.1) is 23.5 Å². The molecule has 2 unspecified atom stereocenters. The number of halogens is 2. The van der Waals surface area contributed by atoms with Crippen molar-refractivity contribution in [3.8, 4) is 11.5 Å². The van der Waals surface area contributed by atoms with Gasteiger partial charge in [0.1, 0.15) is 0 Å². The quantitative estimate of drug-likeness (QED) is 0.623. The van der Waals surface area contributed by atoms with Crippen LogP contribution in [0.2, 0.25) is 0 Å². The molecule has 0 heterocycles. The van der Waals surface area contributed by atoms with Gasteiger partial charge in [0.2, 0.25) is 11.6 Å². The monoisotopic (exact) mass is 300 g/mol. The van der Waals surface area contributed by atoms with Crippen molar-refractivity contribution < 1.29 is 18.3 Å². The first-order chi connectivity index (χ1) is 9.99. The molecule has 120 valence electrons. The molecular weight excluding hydrogens is 274 g/mol. The minimum absolute atomic E-state index is 0.0497. The lowest BCUT2D eigenvalue weighted by Crippen LogP contribution is -2.11. The van der Waals surface area contributed by atoms with Crippen molar-refractivity contribution in [2.24, 2.45) is 11.8 Å². The molecule has 4 heteroatoms. The molecule has 0 aromatic heterocycles. The molecule has 0 radical (unpaired) electrons. The second-order valence-electron chi connectivity index (χ2n) is 5.63. The van der Waals surface area contributed by atoms with Crippen molar-refractivity contribution >= 4 is 0 Å². The maximum Gasteiger partial charge on any atom is 0.204 e. The van der Waals surface area contributed by atoms with E-state index in [-0.39, 0.29) is 11.5 Å². The van der Waals surface area contributed by atoms with E-state index in [4.69, 9.17) is 9.47 Å². The highest BCUT2D eigenvalue weighted by Gasteiger charge is 2.16. The van der Waals surface area contributed by atoms with Crippen LogP contribution in [-0.2, 0) is 0 Å². The smallest absolute Gasteiger partial charge is 0.204 e. The second-order valence-corrected chi connectivity index (χ2v) is 5.63. The lowest BCUT2D eigenvalue weighted by Gasteiger charge is -2.16. The Morgan fingerprint density at radius 2 is 1.43 bits per heavy atom. The minimum Gasteiger partial charge on any atom is -0.491 e. The molecule has 0 aliphatic rings. The third-order valence-corrected chi connectivity index (χ3v) is 3.68. The van der Waals surface area contributed by atoms with E-state index in [0.717, 1.165) is 19.3 Å². The van der Waals surface area contributed by atoms with Gasteiger partial charge in [0.25, 0.3) is 0 Å². The van der Waals surface area contributed by atoms with Gasteiger partial charge in [-0.2, -0.15) is 8.78 Å². The second kappa shape index (κ2) is 8.85. The molecule has 0 N–H and O–H groups in total. The van der Waals surface area contributed by atoms with Crippen LogP contribution in [-0.4, -0.2) is 13.2 Å². The molecule has 0 fully saturated rings. The zero-order chi connectivity index (χ0) is 15.8. The van der Waals surface area contributed by atoms with Gasteiger partial charge >= 0.3 is 0 Å². The highest BCUT2D eigenvalue weighted by Crippen LogP contribution is 2.28. The van der Waals surface area contributed by atoms with Crippen molar-refractivity contribution in [2.75, 3.05) is 13.2 Å². The molecule has 2 nitrogen and oxygen atoms in total. The fourth-order valence-corrected chi connectivity index (χ4v) is 1.98. The molecule has 0 amide bonds. The first-order valence-electron chi connectivity index (χ1n) is 7.73. The summed E-state index contributed by atoms with van der Waals surface area (Å²) < 4.78 is 37.9. The predicted molar refractivity (Wildman–Crippen MR) is 80.9 cm³/mol. The fourth-order valence-electron chi connectivity index (χ4n) is 1.98. The molecular formula is C17H26F2O2. The van der Waals surface area contributed by atoms with Gasteiger partial charge in [0, 0.05) is 0 Å². The standard InChI is InChI=1S/C17H26F2O2/c1-5-12(3)7-8-13(4)11-21-15-10-9-14(20-6-2)16(18)17(15)19/h9-10,12-13H,5-8,11H2,1-4H3. The van der Waals surface area contributed by atoms with Crippen LogP contribution in [0.1, 0.15) is 47.0 Å². The Balaban J connectivity index is 2.53. The van der Waals surface area contributed by atoms with Crippen LogP contribution < -0.4 is 9.47 Å². The third-order valence-electron chi connectivity index (χ3n) is 3.68. The topological polar surface area (TPSA) is 18.5 Å². The maximum atomic E-state index is 13.8. The van der Waals surface area contributed by atoms with Crippen molar-refractivity contribution in [2.45, 2.75) is 47.0 Å². The summed E-state index contributed by atoms with van der Waals surface area (Å²) in [6.07, 6.45) is 3.31. The lowest BCUT2D eigenvalue weighted by molar-refractivity contribution is 0.229.